The normalized spacial score (nSPS) is 16.6. The maximum atomic E-state index is 12.3. The SMILES string of the molecule is O=C(O)C1(C(=O)O)CN(Cc2ccccc2)CCc2c1[nH]c1ccccc21. The van der Waals surface area contributed by atoms with Crippen LogP contribution in [-0.2, 0) is 28.0 Å². The fraction of sp³-hybridized carbons (Fsp3) is 0.238. The first-order chi connectivity index (χ1) is 13.0. The van der Waals surface area contributed by atoms with E-state index in [9.17, 15) is 19.8 Å². The van der Waals surface area contributed by atoms with Gasteiger partial charge in [0.2, 0.25) is 5.41 Å². The summed E-state index contributed by atoms with van der Waals surface area (Å²) in [5.41, 5.74) is 0.841. The lowest BCUT2D eigenvalue weighted by atomic mass is 9.82. The summed E-state index contributed by atoms with van der Waals surface area (Å²) in [5.74, 6) is -2.69. The van der Waals surface area contributed by atoms with Gasteiger partial charge in [-0.2, -0.15) is 0 Å². The third-order valence-electron chi connectivity index (χ3n) is 5.36. The van der Waals surface area contributed by atoms with Crippen LogP contribution in [0.25, 0.3) is 10.9 Å². The standard InChI is InChI=1S/C21H20N2O4/c24-19(25)21(20(26)27)13-23(12-14-6-2-1-3-7-14)11-10-16-15-8-4-5-9-17(15)22-18(16)21/h1-9,22H,10-13H2,(H,24,25)(H,26,27). The van der Waals surface area contributed by atoms with Crippen molar-refractivity contribution in [2.45, 2.75) is 18.4 Å². The Hall–Kier alpha value is -3.12. The molecule has 27 heavy (non-hydrogen) atoms. The van der Waals surface area contributed by atoms with Gasteiger partial charge < -0.3 is 15.2 Å². The van der Waals surface area contributed by atoms with Crippen LogP contribution < -0.4 is 0 Å². The molecule has 4 rings (SSSR count). The Morgan fingerprint density at radius 1 is 1.00 bits per heavy atom. The van der Waals surface area contributed by atoms with E-state index in [2.05, 4.69) is 4.98 Å². The number of carboxylic acids is 2. The Bertz CT molecular complexity index is 995. The largest absolute Gasteiger partial charge is 0.480 e. The first kappa shape index (κ1) is 17.3. The molecule has 138 valence electrons. The second-order valence-corrected chi connectivity index (χ2v) is 6.99. The fourth-order valence-corrected chi connectivity index (χ4v) is 4.00. The number of benzene rings is 2. The van der Waals surface area contributed by atoms with E-state index < -0.39 is 17.4 Å². The van der Waals surface area contributed by atoms with Crippen LogP contribution in [0.3, 0.4) is 0 Å². The van der Waals surface area contributed by atoms with Gasteiger partial charge in [-0.05, 0) is 23.6 Å². The third kappa shape index (κ3) is 2.78. The van der Waals surface area contributed by atoms with Gasteiger partial charge in [0.1, 0.15) is 0 Å². The summed E-state index contributed by atoms with van der Waals surface area (Å²) in [7, 11) is 0. The first-order valence-corrected chi connectivity index (χ1v) is 8.85. The van der Waals surface area contributed by atoms with Crippen LogP contribution in [-0.4, -0.2) is 45.1 Å². The van der Waals surface area contributed by atoms with Crippen LogP contribution in [0.15, 0.2) is 54.6 Å². The van der Waals surface area contributed by atoms with Gasteiger partial charge in [-0.25, -0.2) is 0 Å². The molecule has 2 aromatic carbocycles. The average Bonchev–Trinajstić information content (AvgIpc) is 2.94. The smallest absolute Gasteiger partial charge is 0.328 e. The lowest BCUT2D eigenvalue weighted by molar-refractivity contribution is -0.159. The Morgan fingerprint density at radius 2 is 1.67 bits per heavy atom. The Labute approximate surface area is 156 Å². The molecular weight excluding hydrogens is 344 g/mol. The summed E-state index contributed by atoms with van der Waals surface area (Å²) in [6, 6.07) is 17.2. The van der Waals surface area contributed by atoms with Crippen molar-refractivity contribution in [2.24, 2.45) is 0 Å². The zero-order chi connectivity index (χ0) is 19.0. The van der Waals surface area contributed by atoms with Gasteiger partial charge in [-0.3, -0.25) is 14.5 Å². The number of carbonyl (C=O) groups is 2. The van der Waals surface area contributed by atoms with Crippen molar-refractivity contribution in [3.05, 3.63) is 71.4 Å². The minimum Gasteiger partial charge on any atom is -0.480 e. The molecule has 0 amide bonds. The minimum absolute atomic E-state index is 0.0909. The van der Waals surface area contributed by atoms with Crippen LogP contribution in [0.1, 0.15) is 16.8 Å². The molecular formula is C21H20N2O4. The monoisotopic (exact) mass is 364 g/mol. The van der Waals surface area contributed by atoms with Gasteiger partial charge in [0, 0.05) is 36.2 Å². The molecule has 2 heterocycles. The second-order valence-electron chi connectivity index (χ2n) is 6.99. The van der Waals surface area contributed by atoms with Crippen LogP contribution >= 0.6 is 0 Å². The highest BCUT2D eigenvalue weighted by molar-refractivity contribution is 6.06. The number of carboxylic acid groups (broad SMARTS) is 2. The number of aliphatic carboxylic acids is 2. The molecule has 1 aromatic heterocycles. The van der Waals surface area contributed by atoms with Crippen LogP contribution in [0, 0.1) is 0 Å². The van der Waals surface area contributed by atoms with Crippen molar-refractivity contribution in [3.63, 3.8) is 0 Å². The third-order valence-corrected chi connectivity index (χ3v) is 5.36. The van der Waals surface area contributed by atoms with E-state index in [1.807, 2.05) is 59.5 Å². The lowest BCUT2D eigenvalue weighted by Gasteiger charge is -2.29. The summed E-state index contributed by atoms with van der Waals surface area (Å²) in [6.45, 7) is 1.00. The number of aromatic amines is 1. The molecule has 3 aromatic rings. The Balaban J connectivity index is 1.83. The molecule has 0 bridgehead atoms. The van der Waals surface area contributed by atoms with Crippen molar-refractivity contribution >= 4 is 22.8 Å². The maximum absolute atomic E-state index is 12.3. The molecule has 0 atom stereocenters. The summed E-state index contributed by atoms with van der Waals surface area (Å²) in [5, 5.41) is 20.9. The summed E-state index contributed by atoms with van der Waals surface area (Å²) >= 11 is 0. The number of para-hydroxylation sites is 1. The molecule has 0 radical (unpaired) electrons. The van der Waals surface area contributed by atoms with Crippen LogP contribution in [0.5, 0.6) is 0 Å². The number of aromatic nitrogens is 1. The van der Waals surface area contributed by atoms with Crippen molar-refractivity contribution in [3.8, 4) is 0 Å². The van der Waals surface area contributed by atoms with Gasteiger partial charge in [0.05, 0.1) is 0 Å². The van der Waals surface area contributed by atoms with Crippen molar-refractivity contribution in [1.29, 1.82) is 0 Å². The molecule has 6 heteroatoms. The highest BCUT2D eigenvalue weighted by Crippen LogP contribution is 2.36. The highest BCUT2D eigenvalue weighted by Gasteiger charge is 2.53. The molecule has 6 nitrogen and oxygen atoms in total. The molecule has 1 aliphatic heterocycles. The lowest BCUT2D eigenvalue weighted by Crippen LogP contribution is -2.51. The molecule has 0 spiro atoms. The zero-order valence-electron chi connectivity index (χ0n) is 14.7. The predicted octanol–water partition coefficient (Wildman–Crippen LogP) is 2.63. The summed E-state index contributed by atoms with van der Waals surface area (Å²) in [6.07, 6.45) is 0.592. The van der Waals surface area contributed by atoms with E-state index in [0.717, 1.165) is 22.0 Å². The fourth-order valence-electron chi connectivity index (χ4n) is 4.00. The van der Waals surface area contributed by atoms with Gasteiger partial charge >= 0.3 is 11.9 Å². The van der Waals surface area contributed by atoms with E-state index in [4.69, 9.17) is 0 Å². The zero-order valence-corrected chi connectivity index (χ0v) is 14.7. The van der Waals surface area contributed by atoms with Crippen molar-refractivity contribution in [1.82, 2.24) is 9.88 Å². The van der Waals surface area contributed by atoms with E-state index in [-0.39, 0.29) is 6.54 Å². The average molecular weight is 364 g/mol. The molecule has 0 aliphatic carbocycles. The number of H-pyrrole nitrogens is 1. The summed E-state index contributed by atoms with van der Waals surface area (Å²) < 4.78 is 0. The minimum atomic E-state index is -2.03. The predicted molar refractivity (Wildman–Crippen MR) is 101 cm³/mol. The number of fused-ring (bicyclic) bond motifs is 3. The molecule has 0 fully saturated rings. The first-order valence-electron chi connectivity index (χ1n) is 8.85. The van der Waals surface area contributed by atoms with Gasteiger partial charge in [0.25, 0.3) is 0 Å². The molecule has 1 aliphatic rings. The Morgan fingerprint density at radius 3 is 2.37 bits per heavy atom. The van der Waals surface area contributed by atoms with Gasteiger partial charge in [-0.15, -0.1) is 0 Å². The number of nitrogens with one attached hydrogen (secondary N) is 1. The molecule has 0 saturated heterocycles. The molecule has 3 N–H and O–H groups in total. The van der Waals surface area contributed by atoms with Gasteiger partial charge in [0.15, 0.2) is 0 Å². The molecule has 0 unspecified atom stereocenters. The number of nitrogens with zero attached hydrogens (tertiary/aromatic N) is 1. The van der Waals surface area contributed by atoms with Crippen molar-refractivity contribution in [2.75, 3.05) is 13.1 Å². The van der Waals surface area contributed by atoms with Crippen LogP contribution in [0.4, 0.5) is 0 Å². The number of hydrogen-bond donors (Lipinski definition) is 3. The topological polar surface area (TPSA) is 93.6 Å². The van der Waals surface area contributed by atoms with Crippen molar-refractivity contribution < 1.29 is 19.8 Å². The number of rotatable bonds is 4. The Kier molecular flexibility index (Phi) is 4.20. The van der Waals surface area contributed by atoms with E-state index >= 15 is 0 Å². The van der Waals surface area contributed by atoms with Gasteiger partial charge in [-0.1, -0.05) is 48.5 Å². The van der Waals surface area contributed by atoms with E-state index in [1.165, 1.54) is 0 Å². The number of hydrogen-bond acceptors (Lipinski definition) is 3. The second kappa shape index (κ2) is 6.55. The molecule has 0 saturated carbocycles. The summed E-state index contributed by atoms with van der Waals surface area (Å²) in [4.78, 5) is 29.6. The van der Waals surface area contributed by atoms with E-state index in [0.29, 0.717) is 25.2 Å². The van der Waals surface area contributed by atoms with E-state index in [1.54, 1.807) is 0 Å². The highest BCUT2D eigenvalue weighted by atomic mass is 16.4. The maximum Gasteiger partial charge on any atom is 0.328 e. The van der Waals surface area contributed by atoms with Crippen LogP contribution in [0.2, 0.25) is 0 Å². The quantitative estimate of drug-likeness (QED) is 0.619.